The van der Waals surface area contributed by atoms with Gasteiger partial charge >= 0.3 is 0 Å². The highest BCUT2D eigenvalue weighted by molar-refractivity contribution is 6.32. The molecule has 2 N–H and O–H groups in total. The standard InChI is InChI=1S/C15H13ClN2O3/c1-10-12(8-9-21-10)15(20)18-17-14(19)7-6-11-4-2-3-5-13(11)16/h2-9H,1H3,(H,17,19)(H,18,20). The van der Waals surface area contributed by atoms with E-state index in [-0.39, 0.29) is 0 Å². The summed E-state index contributed by atoms with van der Waals surface area (Å²) in [6.07, 6.45) is 4.25. The first kappa shape index (κ1) is 14.9. The van der Waals surface area contributed by atoms with Crippen LogP contribution in [0.5, 0.6) is 0 Å². The van der Waals surface area contributed by atoms with E-state index in [0.717, 1.165) is 0 Å². The molecule has 0 aliphatic carbocycles. The fraction of sp³-hybridized carbons (Fsp3) is 0.0667. The third-order valence-electron chi connectivity index (χ3n) is 2.72. The van der Waals surface area contributed by atoms with Crippen LogP contribution in [0.4, 0.5) is 0 Å². The van der Waals surface area contributed by atoms with Gasteiger partial charge in [-0.2, -0.15) is 0 Å². The smallest absolute Gasteiger partial charge is 0.273 e. The average Bonchev–Trinajstić information content (AvgIpc) is 2.90. The lowest BCUT2D eigenvalue weighted by molar-refractivity contribution is -0.117. The van der Waals surface area contributed by atoms with E-state index in [0.29, 0.717) is 21.9 Å². The molecule has 21 heavy (non-hydrogen) atoms. The number of amides is 2. The van der Waals surface area contributed by atoms with E-state index in [1.165, 1.54) is 18.4 Å². The van der Waals surface area contributed by atoms with Crippen molar-refractivity contribution < 1.29 is 14.0 Å². The second kappa shape index (κ2) is 6.76. The van der Waals surface area contributed by atoms with Gasteiger partial charge in [0.2, 0.25) is 0 Å². The van der Waals surface area contributed by atoms with Gasteiger partial charge in [-0.1, -0.05) is 29.8 Å². The van der Waals surface area contributed by atoms with E-state index in [1.54, 1.807) is 31.2 Å². The van der Waals surface area contributed by atoms with Crippen LogP contribution in [0.2, 0.25) is 5.02 Å². The van der Waals surface area contributed by atoms with Crippen LogP contribution in [0.15, 0.2) is 47.1 Å². The molecule has 108 valence electrons. The minimum atomic E-state index is -0.468. The summed E-state index contributed by atoms with van der Waals surface area (Å²) in [6, 6.07) is 8.64. The van der Waals surface area contributed by atoms with Gasteiger partial charge in [0, 0.05) is 11.1 Å². The maximum absolute atomic E-state index is 11.7. The molecule has 0 saturated heterocycles. The lowest BCUT2D eigenvalue weighted by atomic mass is 10.2. The van der Waals surface area contributed by atoms with Crippen LogP contribution in [0.1, 0.15) is 21.7 Å². The number of benzene rings is 1. The predicted molar refractivity (Wildman–Crippen MR) is 79.5 cm³/mol. The zero-order chi connectivity index (χ0) is 15.2. The lowest BCUT2D eigenvalue weighted by Gasteiger charge is -2.04. The number of hydrazine groups is 1. The molecule has 2 amide bonds. The molecule has 0 unspecified atom stereocenters. The highest BCUT2D eigenvalue weighted by atomic mass is 35.5. The molecule has 0 aliphatic heterocycles. The van der Waals surface area contributed by atoms with Crippen LogP contribution >= 0.6 is 11.6 Å². The Morgan fingerprint density at radius 2 is 1.95 bits per heavy atom. The second-order valence-corrected chi connectivity index (χ2v) is 4.60. The van der Waals surface area contributed by atoms with Gasteiger partial charge in [0.1, 0.15) is 5.76 Å². The first-order valence-corrected chi connectivity index (χ1v) is 6.53. The van der Waals surface area contributed by atoms with Crippen molar-refractivity contribution in [2.75, 3.05) is 0 Å². The summed E-state index contributed by atoms with van der Waals surface area (Å²) in [5, 5.41) is 0.541. The Labute approximate surface area is 126 Å². The molecular weight excluding hydrogens is 292 g/mol. The minimum Gasteiger partial charge on any atom is -0.469 e. The molecule has 1 heterocycles. The summed E-state index contributed by atoms with van der Waals surface area (Å²) < 4.78 is 5.01. The summed E-state index contributed by atoms with van der Waals surface area (Å²) in [7, 11) is 0. The zero-order valence-electron chi connectivity index (χ0n) is 11.2. The summed E-state index contributed by atoms with van der Waals surface area (Å²) in [6.45, 7) is 1.66. The van der Waals surface area contributed by atoms with Crippen LogP contribution in [0.25, 0.3) is 6.08 Å². The molecular formula is C15H13ClN2O3. The number of rotatable bonds is 3. The van der Waals surface area contributed by atoms with Gasteiger partial charge in [0.15, 0.2) is 0 Å². The van der Waals surface area contributed by atoms with Crippen molar-refractivity contribution >= 4 is 29.5 Å². The zero-order valence-corrected chi connectivity index (χ0v) is 12.0. The van der Waals surface area contributed by atoms with Crippen molar-refractivity contribution in [2.24, 2.45) is 0 Å². The maximum Gasteiger partial charge on any atom is 0.273 e. The maximum atomic E-state index is 11.7. The molecule has 2 rings (SSSR count). The topological polar surface area (TPSA) is 71.3 Å². The molecule has 1 aromatic carbocycles. The number of carbonyl (C=O) groups excluding carboxylic acids is 2. The molecule has 0 spiro atoms. The first-order valence-electron chi connectivity index (χ1n) is 6.15. The second-order valence-electron chi connectivity index (χ2n) is 4.19. The number of hydrogen-bond acceptors (Lipinski definition) is 3. The van der Waals surface area contributed by atoms with Gasteiger partial charge in [-0.05, 0) is 30.7 Å². The minimum absolute atomic E-state index is 0.366. The van der Waals surface area contributed by atoms with Crippen LogP contribution in [-0.4, -0.2) is 11.8 Å². The highest BCUT2D eigenvalue weighted by Crippen LogP contribution is 2.15. The van der Waals surface area contributed by atoms with Gasteiger partial charge < -0.3 is 4.42 Å². The normalized spacial score (nSPS) is 10.6. The average molecular weight is 305 g/mol. The largest absolute Gasteiger partial charge is 0.469 e. The molecule has 0 saturated carbocycles. The third kappa shape index (κ3) is 3.97. The molecule has 2 aromatic rings. The Balaban J connectivity index is 1.90. The third-order valence-corrected chi connectivity index (χ3v) is 3.07. The van der Waals surface area contributed by atoms with E-state index in [1.807, 2.05) is 6.07 Å². The van der Waals surface area contributed by atoms with Crippen molar-refractivity contribution in [3.8, 4) is 0 Å². The molecule has 1 aromatic heterocycles. The predicted octanol–water partition coefficient (Wildman–Crippen LogP) is 2.72. The molecule has 6 heteroatoms. The molecule has 0 fully saturated rings. The Bertz CT molecular complexity index is 692. The number of halogens is 1. The fourth-order valence-corrected chi connectivity index (χ4v) is 1.82. The number of carbonyl (C=O) groups is 2. The quantitative estimate of drug-likeness (QED) is 0.676. The Kier molecular flexibility index (Phi) is 4.79. The molecule has 5 nitrogen and oxygen atoms in total. The molecule has 0 bridgehead atoms. The fourth-order valence-electron chi connectivity index (χ4n) is 1.62. The number of hydrogen-bond donors (Lipinski definition) is 2. The summed E-state index contributed by atoms with van der Waals surface area (Å²) in [5.74, 6) is -0.432. The van der Waals surface area contributed by atoms with E-state index in [2.05, 4.69) is 10.9 Å². The number of aryl methyl sites for hydroxylation is 1. The summed E-state index contributed by atoms with van der Waals surface area (Å²) in [4.78, 5) is 23.3. The van der Waals surface area contributed by atoms with Gasteiger partial charge in [-0.3, -0.25) is 20.4 Å². The van der Waals surface area contributed by atoms with Crippen molar-refractivity contribution in [1.29, 1.82) is 0 Å². The SMILES string of the molecule is Cc1occc1C(=O)NNC(=O)C=Cc1ccccc1Cl. The van der Waals surface area contributed by atoms with Crippen molar-refractivity contribution in [3.05, 3.63) is 64.6 Å². The molecule has 0 radical (unpaired) electrons. The number of nitrogens with one attached hydrogen (secondary N) is 2. The summed E-state index contributed by atoms with van der Waals surface area (Å²) >= 11 is 5.96. The van der Waals surface area contributed by atoms with Gasteiger partial charge in [0.05, 0.1) is 11.8 Å². The summed E-state index contributed by atoms with van der Waals surface area (Å²) in [5.41, 5.74) is 5.65. The van der Waals surface area contributed by atoms with E-state index >= 15 is 0 Å². The van der Waals surface area contributed by atoms with Crippen LogP contribution in [0.3, 0.4) is 0 Å². The highest BCUT2D eigenvalue weighted by Gasteiger charge is 2.11. The van der Waals surface area contributed by atoms with Crippen LogP contribution < -0.4 is 10.9 Å². The monoisotopic (exact) mass is 304 g/mol. The van der Waals surface area contributed by atoms with Crippen molar-refractivity contribution in [1.82, 2.24) is 10.9 Å². The molecule has 0 atom stereocenters. The van der Waals surface area contributed by atoms with Crippen molar-refractivity contribution in [2.45, 2.75) is 6.92 Å². The Hall–Kier alpha value is -2.53. The van der Waals surface area contributed by atoms with Crippen molar-refractivity contribution in [3.63, 3.8) is 0 Å². The van der Waals surface area contributed by atoms with Gasteiger partial charge in [-0.15, -0.1) is 0 Å². The van der Waals surface area contributed by atoms with Gasteiger partial charge in [0.25, 0.3) is 11.8 Å². The van der Waals surface area contributed by atoms with Gasteiger partial charge in [-0.25, -0.2) is 0 Å². The Morgan fingerprint density at radius 1 is 1.19 bits per heavy atom. The first-order chi connectivity index (χ1) is 10.1. The number of furan rings is 1. The van der Waals surface area contributed by atoms with E-state index in [4.69, 9.17) is 16.0 Å². The van der Waals surface area contributed by atoms with Crippen LogP contribution in [0, 0.1) is 6.92 Å². The van der Waals surface area contributed by atoms with E-state index < -0.39 is 11.8 Å². The lowest BCUT2D eigenvalue weighted by Crippen LogP contribution is -2.40. The van der Waals surface area contributed by atoms with Crippen LogP contribution in [-0.2, 0) is 4.79 Å². The Morgan fingerprint density at radius 3 is 2.62 bits per heavy atom. The molecule has 0 aliphatic rings. The van der Waals surface area contributed by atoms with E-state index in [9.17, 15) is 9.59 Å².